The number of nitrogens with zero attached hydrogens (tertiary/aromatic N) is 1. The Morgan fingerprint density at radius 1 is 0.833 bits per heavy atom. The Morgan fingerprint density at radius 2 is 1.52 bits per heavy atom. The van der Waals surface area contributed by atoms with Crippen LogP contribution in [0.5, 0.6) is 5.75 Å². The number of hydrogen-bond donors (Lipinski definition) is 3. The molecule has 8 heteroatoms. The van der Waals surface area contributed by atoms with Crippen molar-refractivity contribution in [1.29, 1.82) is 0 Å². The van der Waals surface area contributed by atoms with E-state index in [4.69, 9.17) is 4.74 Å². The summed E-state index contributed by atoms with van der Waals surface area (Å²) in [5.74, 6) is -0.0224. The van der Waals surface area contributed by atoms with Crippen LogP contribution in [0.1, 0.15) is 59.2 Å². The number of likely N-dealkylation sites (N-methyl/N-ethyl adjacent to an activating group) is 1. The summed E-state index contributed by atoms with van der Waals surface area (Å²) in [6.45, 7) is 2.49. The van der Waals surface area contributed by atoms with E-state index in [2.05, 4.69) is 28.1 Å². The van der Waals surface area contributed by atoms with Crippen molar-refractivity contribution in [3.63, 3.8) is 0 Å². The van der Waals surface area contributed by atoms with Crippen LogP contribution in [0, 0.1) is 0 Å². The van der Waals surface area contributed by atoms with Crippen LogP contribution in [0.4, 0.5) is 0 Å². The van der Waals surface area contributed by atoms with Crippen LogP contribution in [0.3, 0.4) is 0 Å². The molecule has 4 aromatic carbocycles. The number of carbonyl (C=O) groups excluding carboxylic acids is 3. The number of hydrogen-bond acceptors (Lipinski definition) is 5. The van der Waals surface area contributed by atoms with Gasteiger partial charge in [-0.3, -0.25) is 14.4 Å². The number of carbonyl (C=O) groups is 3. The van der Waals surface area contributed by atoms with Crippen molar-refractivity contribution in [1.82, 2.24) is 20.9 Å². The number of fused-ring (bicyclic) bond motifs is 2. The molecule has 8 nitrogen and oxygen atoms in total. The van der Waals surface area contributed by atoms with Gasteiger partial charge in [-0.2, -0.15) is 0 Å². The average Bonchev–Trinajstić information content (AvgIpc) is 3.13. The predicted molar refractivity (Wildman–Crippen MR) is 186 cm³/mol. The van der Waals surface area contributed by atoms with Gasteiger partial charge in [0.2, 0.25) is 17.7 Å². The van der Waals surface area contributed by atoms with Crippen LogP contribution in [0.2, 0.25) is 0 Å². The van der Waals surface area contributed by atoms with Crippen molar-refractivity contribution >= 4 is 17.7 Å². The zero-order valence-corrected chi connectivity index (χ0v) is 27.7. The zero-order valence-electron chi connectivity index (χ0n) is 27.7. The fraction of sp³-hybridized carbons (Fsp3) is 0.325. The number of rotatable bonds is 11. The Bertz CT molecular complexity index is 1720. The van der Waals surface area contributed by atoms with E-state index < -0.39 is 18.1 Å². The fourth-order valence-corrected chi connectivity index (χ4v) is 6.69. The first-order valence-corrected chi connectivity index (χ1v) is 16.9. The first-order chi connectivity index (χ1) is 23.4. The second kappa shape index (κ2) is 15.3. The topological polar surface area (TPSA) is 99.8 Å². The second-order valence-corrected chi connectivity index (χ2v) is 12.8. The van der Waals surface area contributed by atoms with Gasteiger partial charge in [-0.15, -0.1) is 0 Å². The summed E-state index contributed by atoms with van der Waals surface area (Å²) in [7, 11) is 1.71. The molecule has 0 spiro atoms. The van der Waals surface area contributed by atoms with Gasteiger partial charge in [-0.25, -0.2) is 0 Å². The maximum absolute atomic E-state index is 14.6. The summed E-state index contributed by atoms with van der Waals surface area (Å²) in [5.41, 5.74) is 6.41. The Labute approximate surface area is 282 Å². The highest BCUT2D eigenvalue weighted by molar-refractivity contribution is 5.94. The van der Waals surface area contributed by atoms with Gasteiger partial charge in [0.1, 0.15) is 24.4 Å². The molecule has 4 unspecified atom stereocenters. The third-order valence-electron chi connectivity index (χ3n) is 9.57. The summed E-state index contributed by atoms with van der Waals surface area (Å²) in [6, 6.07) is 31.6. The summed E-state index contributed by atoms with van der Waals surface area (Å²) in [6.07, 6.45) is 3.51. The highest BCUT2D eigenvalue weighted by Crippen LogP contribution is 2.31. The molecular weight excluding hydrogens is 600 g/mol. The van der Waals surface area contributed by atoms with E-state index >= 15 is 0 Å². The molecule has 0 fully saturated rings. The molecule has 4 aromatic rings. The van der Waals surface area contributed by atoms with E-state index in [1.165, 1.54) is 5.56 Å². The van der Waals surface area contributed by atoms with Crippen LogP contribution < -0.4 is 20.7 Å². The van der Waals surface area contributed by atoms with Crippen molar-refractivity contribution in [2.45, 2.75) is 76.3 Å². The summed E-state index contributed by atoms with van der Waals surface area (Å²) < 4.78 is 5.97. The minimum Gasteiger partial charge on any atom is -0.489 e. The van der Waals surface area contributed by atoms with E-state index in [1.54, 1.807) is 18.9 Å². The normalized spacial score (nSPS) is 18.1. The van der Waals surface area contributed by atoms with Gasteiger partial charge in [0.15, 0.2) is 0 Å². The molecule has 0 bridgehead atoms. The van der Waals surface area contributed by atoms with E-state index in [0.717, 1.165) is 47.1 Å². The zero-order chi connectivity index (χ0) is 33.5. The highest BCUT2D eigenvalue weighted by Gasteiger charge is 2.39. The molecule has 248 valence electrons. The fourth-order valence-electron chi connectivity index (χ4n) is 6.69. The Morgan fingerprint density at radius 3 is 2.27 bits per heavy atom. The highest BCUT2D eigenvalue weighted by atomic mass is 16.5. The van der Waals surface area contributed by atoms with Crippen LogP contribution in [0.25, 0.3) is 0 Å². The maximum Gasteiger partial charge on any atom is 0.246 e. The first kappa shape index (κ1) is 33.0. The van der Waals surface area contributed by atoms with E-state index in [9.17, 15) is 14.4 Å². The van der Waals surface area contributed by atoms with Gasteiger partial charge in [-0.05, 0) is 78.7 Å². The van der Waals surface area contributed by atoms with Gasteiger partial charge in [0.05, 0.1) is 12.1 Å². The van der Waals surface area contributed by atoms with Crippen molar-refractivity contribution < 1.29 is 19.1 Å². The first-order valence-electron chi connectivity index (χ1n) is 16.9. The lowest BCUT2D eigenvalue weighted by Gasteiger charge is -2.39. The molecular formula is C40H44N4O4. The van der Waals surface area contributed by atoms with Crippen LogP contribution in [-0.4, -0.2) is 47.8 Å². The smallest absolute Gasteiger partial charge is 0.246 e. The molecule has 3 amide bonds. The third kappa shape index (κ3) is 7.77. The molecule has 0 radical (unpaired) electrons. The molecule has 1 heterocycles. The van der Waals surface area contributed by atoms with Gasteiger partial charge >= 0.3 is 0 Å². The lowest BCUT2D eigenvalue weighted by atomic mass is 9.87. The molecule has 0 aromatic heterocycles. The molecule has 6 rings (SSSR count). The summed E-state index contributed by atoms with van der Waals surface area (Å²) >= 11 is 0. The largest absolute Gasteiger partial charge is 0.489 e. The van der Waals surface area contributed by atoms with Crippen LogP contribution in [0.15, 0.2) is 103 Å². The summed E-state index contributed by atoms with van der Waals surface area (Å²) in [5, 5.41) is 9.26. The minimum absolute atomic E-state index is 0.105. The van der Waals surface area contributed by atoms with Crippen molar-refractivity contribution in [2.75, 3.05) is 7.05 Å². The monoisotopic (exact) mass is 644 g/mol. The number of benzene rings is 4. The Kier molecular flexibility index (Phi) is 10.5. The molecule has 2 aliphatic rings. The lowest BCUT2D eigenvalue weighted by molar-refractivity contribution is -0.145. The van der Waals surface area contributed by atoms with Gasteiger partial charge in [-0.1, -0.05) is 91.0 Å². The Hall–Kier alpha value is -4.95. The van der Waals surface area contributed by atoms with Gasteiger partial charge < -0.3 is 25.6 Å². The van der Waals surface area contributed by atoms with Crippen LogP contribution >= 0.6 is 0 Å². The molecule has 1 aliphatic heterocycles. The molecule has 48 heavy (non-hydrogen) atoms. The predicted octanol–water partition coefficient (Wildman–Crippen LogP) is 5.05. The van der Waals surface area contributed by atoms with E-state index in [0.29, 0.717) is 18.8 Å². The number of amides is 3. The SMILES string of the molecule is CNC(C)C(=O)NC(Cc1ccc(OCc2ccccc2)cc1)C(=O)N1Cc2ccccc2CC1C(=O)NC1CCCc2ccccc21. The minimum atomic E-state index is -0.875. The standard InChI is InChI=1S/C40H44N4O4/c1-27(41-2)38(45)43-36(23-28-19-21-33(22-20-28)48-26-29-11-4-3-5-12-29)40(47)44-25-32-15-7-6-14-31(32)24-37(44)39(46)42-35-18-10-16-30-13-8-9-17-34(30)35/h3-9,11-15,17,19-22,27,35-37,41H,10,16,18,23-26H2,1-2H3,(H,42,46)(H,43,45). The van der Waals surface area contributed by atoms with Crippen molar-refractivity contribution in [3.05, 3.63) is 137 Å². The average molecular weight is 645 g/mol. The molecule has 1 aliphatic carbocycles. The molecule has 3 N–H and O–H groups in total. The maximum atomic E-state index is 14.6. The van der Waals surface area contributed by atoms with Crippen LogP contribution in [-0.2, 0) is 46.8 Å². The lowest BCUT2D eigenvalue weighted by Crippen LogP contribution is -2.59. The van der Waals surface area contributed by atoms with Crippen molar-refractivity contribution in [3.8, 4) is 5.75 Å². The quantitative estimate of drug-likeness (QED) is 0.212. The molecule has 0 saturated heterocycles. The van der Waals surface area contributed by atoms with E-state index in [1.807, 2.05) is 91.0 Å². The van der Waals surface area contributed by atoms with E-state index in [-0.39, 0.29) is 36.7 Å². The summed E-state index contributed by atoms with van der Waals surface area (Å²) in [4.78, 5) is 43.6. The third-order valence-corrected chi connectivity index (χ3v) is 9.57. The number of nitrogens with one attached hydrogen (secondary N) is 3. The number of aryl methyl sites for hydroxylation is 1. The second-order valence-electron chi connectivity index (χ2n) is 12.8. The molecule has 0 saturated carbocycles. The number of ether oxygens (including phenoxy) is 1. The van der Waals surface area contributed by atoms with Crippen molar-refractivity contribution in [2.24, 2.45) is 0 Å². The Balaban J connectivity index is 1.23. The molecule has 4 atom stereocenters. The van der Waals surface area contributed by atoms with Gasteiger partial charge in [0, 0.05) is 19.4 Å². The van der Waals surface area contributed by atoms with Gasteiger partial charge in [0.25, 0.3) is 0 Å².